The van der Waals surface area contributed by atoms with E-state index in [0.717, 1.165) is 11.1 Å². The Morgan fingerprint density at radius 3 is 2.63 bits per heavy atom. The molecule has 0 saturated carbocycles. The Morgan fingerprint density at radius 2 is 1.93 bits per heavy atom. The molecule has 2 aromatic carbocycles. The predicted molar refractivity (Wildman–Crippen MR) is 100 cm³/mol. The van der Waals surface area contributed by atoms with E-state index in [1.54, 1.807) is 25.1 Å². The second-order valence-electron chi connectivity index (χ2n) is 6.63. The fourth-order valence-corrected chi connectivity index (χ4v) is 2.63. The van der Waals surface area contributed by atoms with E-state index in [1.807, 2.05) is 31.2 Å². The number of nitrogens with zero attached hydrogens (tertiary/aromatic N) is 4. The highest BCUT2D eigenvalue weighted by Gasteiger charge is 2.20. The van der Waals surface area contributed by atoms with E-state index in [1.165, 1.54) is 11.0 Å². The lowest BCUT2D eigenvalue weighted by Crippen LogP contribution is -2.29. The maximum Gasteiger partial charge on any atom is 0.352 e. The molecule has 1 aromatic heterocycles. The normalized spacial score (nSPS) is 12.0. The zero-order valence-corrected chi connectivity index (χ0v) is 15.8. The van der Waals surface area contributed by atoms with Crippen LogP contribution in [0.4, 0.5) is 0 Å². The molecule has 0 N–H and O–H groups in total. The molecule has 0 radical (unpaired) electrons. The van der Waals surface area contributed by atoms with Crippen LogP contribution in [0.2, 0.25) is 0 Å². The van der Waals surface area contributed by atoms with Crippen molar-refractivity contribution in [2.24, 2.45) is 0 Å². The van der Waals surface area contributed by atoms with Gasteiger partial charge in [0.1, 0.15) is 17.8 Å². The summed E-state index contributed by atoms with van der Waals surface area (Å²) in [4.78, 5) is 12.5. The Hall–Kier alpha value is -3.22. The van der Waals surface area contributed by atoms with E-state index >= 15 is 0 Å². The first kappa shape index (κ1) is 18.6. The Morgan fingerprint density at radius 1 is 1.11 bits per heavy atom. The number of hydrogen-bond acceptors (Lipinski definition) is 6. The van der Waals surface area contributed by atoms with E-state index in [4.69, 9.17) is 9.47 Å². The highest BCUT2D eigenvalue weighted by molar-refractivity contribution is 5.77. The van der Waals surface area contributed by atoms with Crippen LogP contribution in [0.15, 0.2) is 48.8 Å². The van der Waals surface area contributed by atoms with Gasteiger partial charge in [0.2, 0.25) is 0 Å². The van der Waals surface area contributed by atoms with Crippen LogP contribution in [0.1, 0.15) is 37.8 Å². The van der Waals surface area contributed by atoms with Crippen molar-refractivity contribution in [1.29, 1.82) is 0 Å². The average Bonchev–Trinajstić information content (AvgIpc) is 3.16. The summed E-state index contributed by atoms with van der Waals surface area (Å²) in [6, 6.07) is 13.0. The summed E-state index contributed by atoms with van der Waals surface area (Å²) in [5.74, 6) is 0.922. The lowest BCUT2D eigenvalue weighted by molar-refractivity contribution is -0.141. The Balaban J connectivity index is 1.72. The third-order valence-electron chi connectivity index (χ3n) is 4.08. The zero-order valence-electron chi connectivity index (χ0n) is 15.8. The van der Waals surface area contributed by atoms with Crippen LogP contribution in [-0.4, -0.2) is 32.3 Å². The molecule has 7 nitrogen and oxygen atoms in total. The molecule has 3 rings (SSSR count). The van der Waals surface area contributed by atoms with Gasteiger partial charge in [-0.25, -0.2) is 9.48 Å². The van der Waals surface area contributed by atoms with Gasteiger partial charge in [0.05, 0.1) is 5.69 Å². The summed E-state index contributed by atoms with van der Waals surface area (Å²) in [5.41, 5.74) is 2.82. The maximum atomic E-state index is 12.5. The number of carbonyl (C=O) groups excluding carboxylic acids is 1. The van der Waals surface area contributed by atoms with E-state index < -0.39 is 12.1 Å². The van der Waals surface area contributed by atoms with Gasteiger partial charge in [0.25, 0.3) is 0 Å². The minimum atomic E-state index is -0.749. The molecule has 0 aliphatic carbocycles. The molecule has 0 aliphatic heterocycles. The molecule has 140 valence electrons. The third kappa shape index (κ3) is 4.49. The van der Waals surface area contributed by atoms with Crippen LogP contribution in [0.5, 0.6) is 11.5 Å². The lowest BCUT2D eigenvalue weighted by Gasteiger charge is -2.19. The van der Waals surface area contributed by atoms with Crippen LogP contribution in [0.3, 0.4) is 0 Å². The number of benzene rings is 2. The molecule has 27 heavy (non-hydrogen) atoms. The van der Waals surface area contributed by atoms with Crippen molar-refractivity contribution in [3.8, 4) is 17.2 Å². The fraction of sp³-hybridized carbons (Fsp3) is 0.300. The summed E-state index contributed by atoms with van der Waals surface area (Å²) in [7, 11) is 0. The van der Waals surface area contributed by atoms with Crippen molar-refractivity contribution in [2.75, 3.05) is 0 Å². The van der Waals surface area contributed by atoms with Gasteiger partial charge in [-0.2, -0.15) is 0 Å². The molecule has 0 bridgehead atoms. The molecule has 1 unspecified atom stereocenters. The van der Waals surface area contributed by atoms with Crippen molar-refractivity contribution in [3.05, 3.63) is 59.9 Å². The summed E-state index contributed by atoms with van der Waals surface area (Å²) in [6.07, 6.45) is 0.721. The molecule has 3 aromatic rings. The van der Waals surface area contributed by atoms with Gasteiger partial charge >= 0.3 is 5.97 Å². The molecule has 1 atom stereocenters. The molecule has 0 saturated heterocycles. The number of tetrazole rings is 1. The zero-order chi connectivity index (χ0) is 19.4. The van der Waals surface area contributed by atoms with Gasteiger partial charge in [-0.15, -0.1) is 5.10 Å². The van der Waals surface area contributed by atoms with Gasteiger partial charge in [-0.1, -0.05) is 32.0 Å². The molecule has 0 spiro atoms. The lowest BCUT2D eigenvalue weighted by atomic mass is 10.0. The van der Waals surface area contributed by atoms with E-state index in [0.29, 0.717) is 17.2 Å². The predicted octanol–water partition coefficient (Wildman–Crippen LogP) is 3.47. The first-order valence-electron chi connectivity index (χ1n) is 8.76. The molecule has 0 fully saturated rings. The first-order chi connectivity index (χ1) is 12.9. The summed E-state index contributed by atoms with van der Waals surface area (Å²) < 4.78 is 12.9. The molecule has 0 amide bonds. The number of esters is 1. The number of aryl methyl sites for hydroxylation is 1. The average molecular weight is 366 g/mol. The van der Waals surface area contributed by atoms with Gasteiger partial charge in [0, 0.05) is 6.07 Å². The smallest absolute Gasteiger partial charge is 0.352 e. The standard InChI is InChI=1S/C20H22N4O3/c1-13(2)18-9-8-14(3)10-19(18)26-15(4)20(25)27-17-7-5-6-16(11-17)24-12-21-22-23-24/h5-13,15H,1-4H3. The monoisotopic (exact) mass is 366 g/mol. The Kier molecular flexibility index (Phi) is 5.49. The minimum absolute atomic E-state index is 0.289. The Bertz CT molecular complexity index is 923. The topological polar surface area (TPSA) is 79.1 Å². The number of rotatable bonds is 6. The van der Waals surface area contributed by atoms with E-state index in [9.17, 15) is 4.79 Å². The van der Waals surface area contributed by atoms with Crippen molar-refractivity contribution in [2.45, 2.75) is 39.7 Å². The largest absolute Gasteiger partial charge is 0.479 e. The maximum absolute atomic E-state index is 12.5. The van der Waals surface area contributed by atoms with Crippen molar-refractivity contribution < 1.29 is 14.3 Å². The number of aromatic nitrogens is 4. The molecular weight excluding hydrogens is 344 g/mol. The first-order valence-corrected chi connectivity index (χ1v) is 8.76. The van der Waals surface area contributed by atoms with Gasteiger partial charge in [-0.05, 0) is 59.5 Å². The van der Waals surface area contributed by atoms with Gasteiger partial charge in [-0.3, -0.25) is 0 Å². The molecule has 0 aliphatic rings. The highest BCUT2D eigenvalue weighted by Crippen LogP contribution is 2.28. The quantitative estimate of drug-likeness (QED) is 0.491. The fourth-order valence-electron chi connectivity index (χ4n) is 2.63. The van der Waals surface area contributed by atoms with Crippen molar-refractivity contribution in [1.82, 2.24) is 20.2 Å². The third-order valence-corrected chi connectivity index (χ3v) is 4.08. The van der Waals surface area contributed by atoms with E-state index in [-0.39, 0.29) is 5.92 Å². The van der Waals surface area contributed by atoms with Gasteiger partial charge < -0.3 is 9.47 Å². The summed E-state index contributed by atoms with van der Waals surface area (Å²) in [5, 5.41) is 11.0. The van der Waals surface area contributed by atoms with Crippen molar-refractivity contribution >= 4 is 5.97 Å². The van der Waals surface area contributed by atoms with Crippen molar-refractivity contribution in [3.63, 3.8) is 0 Å². The SMILES string of the molecule is Cc1ccc(C(C)C)c(OC(C)C(=O)Oc2cccc(-n3cnnn3)c2)c1. The molecule has 1 heterocycles. The summed E-state index contributed by atoms with van der Waals surface area (Å²) in [6.45, 7) is 7.85. The van der Waals surface area contributed by atoms with Crippen LogP contribution in [0.25, 0.3) is 5.69 Å². The number of carbonyl (C=O) groups is 1. The minimum Gasteiger partial charge on any atom is -0.479 e. The van der Waals surface area contributed by atoms with Crippen LogP contribution < -0.4 is 9.47 Å². The second-order valence-corrected chi connectivity index (χ2v) is 6.63. The Labute approximate surface area is 157 Å². The van der Waals surface area contributed by atoms with E-state index in [2.05, 4.69) is 29.4 Å². The van der Waals surface area contributed by atoms with Crippen LogP contribution >= 0.6 is 0 Å². The van der Waals surface area contributed by atoms with Crippen LogP contribution in [0, 0.1) is 6.92 Å². The second kappa shape index (κ2) is 7.99. The molecule has 7 heteroatoms. The van der Waals surface area contributed by atoms with Crippen LogP contribution in [-0.2, 0) is 4.79 Å². The summed E-state index contributed by atoms with van der Waals surface area (Å²) >= 11 is 0. The number of ether oxygens (including phenoxy) is 2. The van der Waals surface area contributed by atoms with Gasteiger partial charge in [0.15, 0.2) is 6.10 Å². The molecular formula is C20H22N4O3. The number of hydrogen-bond donors (Lipinski definition) is 0. The highest BCUT2D eigenvalue weighted by atomic mass is 16.6.